The fraction of sp³-hybridized carbons (Fsp3) is 0.250. The Morgan fingerprint density at radius 2 is 2.13 bits per heavy atom. The van der Waals surface area contributed by atoms with Gasteiger partial charge in [-0.05, 0) is 25.1 Å². The van der Waals surface area contributed by atoms with Crippen molar-refractivity contribution in [3.63, 3.8) is 0 Å². The van der Waals surface area contributed by atoms with Gasteiger partial charge < -0.3 is 10.7 Å². The first-order valence-corrected chi connectivity index (χ1v) is 5.12. The standard InChI is InChI=1S/C12H14N2O/c13-7-3-6-12(15)11-8-9-4-1-2-5-10(9)14-11/h1-2,4-5,8,14H,3,6-7,13H2. The molecule has 0 saturated heterocycles. The van der Waals surface area contributed by atoms with Gasteiger partial charge >= 0.3 is 0 Å². The first kappa shape index (κ1) is 9.93. The number of para-hydroxylation sites is 1. The summed E-state index contributed by atoms with van der Waals surface area (Å²) in [7, 11) is 0. The Morgan fingerprint density at radius 3 is 2.87 bits per heavy atom. The van der Waals surface area contributed by atoms with Gasteiger partial charge in [0.2, 0.25) is 0 Å². The number of hydrogen-bond acceptors (Lipinski definition) is 2. The monoisotopic (exact) mass is 202 g/mol. The van der Waals surface area contributed by atoms with Crippen molar-refractivity contribution in [3.05, 3.63) is 36.0 Å². The van der Waals surface area contributed by atoms with Crippen molar-refractivity contribution in [2.75, 3.05) is 6.54 Å². The topological polar surface area (TPSA) is 58.9 Å². The molecule has 0 fully saturated rings. The van der Waals surface area contributed by atoms with E-state index in [1.807, 2.05) is 30.3 Å². The molecule has 15 heavy (non-hydrogen) atoms. The zero-order chi connectivity index (χ0) is 10.7. The van der Waals surface area contributed by atoms with Gasteiger partial charge in [-0.2, -0.15) is 0 Å². The molecule has 1 aromatic heterocycles. The molecule has 0 saturated carbocycles. The number of nitrogens with one attached hydrogen (secondary N) is 1. The minimum Gasteiger partial charge on any atom is -0.352 e. The molecule has 0 aliphatic carbocycles. The van der Waals surface area contributed by atoms with E-state index in [1.54, 1.807) is 0 Å². The number of fused-ring (bicyclic) bond motifs is 1. The van der Waals surface area contributed by atoms with E-state index in [2.05, 4.69) is 4.98 Å². The summed E-state index contributed by atoms with van der Waals surface area (Å²) in [4.78, 5) is 14.8. The van der Waals surface area contributed by atoms with Crippen molar-refractivity contribution in [1.29, 1.82) is 0 Å². The van der Waals surface area contributed by atoms with Crippen LogP contribution in [0.25, 0.3) is 10.9 Å². The Balaban J connectivity index is 2.25. The Hall–Kier alpha value is -1.61. The lowest BCUT2D eigenvalue weighted by atomic mass is 10.1. The zero-order valence-electron chi connectivity index (χ0n) is 8.49. The van der Waals surface area contributed by atoms with Gasteiger partial charge in [0.15, 0.2) is 5.78 Å². The van der Waals surface area contributed by atoms with Crippen LogP contribution in [0.2, 0.25) is 0 Å². The Morgan fingerprint density at radius 1 is 1.33 bits per heavy atom. The lowest BCUT2D eigenvalue weighted by Gasteiger charge is -1.94. The number of Topliss-reactive ketones (excluding diaryl/α,β-unsaturated/α-hetero) is 1. The quantitative estimate of drug-likeness (QED) is 0.746. The molecule has 2 rings (SSSR count). The van der Waals surface area contributed by atoms with Crippen molar-refractivity contribution in [2.45, 2.75) is 12.8 Å². The van der Waals surface area contributed by atoms with Crippen LogP contribution in [-0.4, -0.2) is 17.3 Å². The summed E-state index contributed by atoms with van der Waals surface area (Å²) < 4.78 is 0. The van der Waals surface area contributed by atoms with Crippen LogP contribution in [0.4, 0.5) is 0 Å². The molecule has 0 radical (unpaired) electrons. The molecular weight excluding hydrogens is 188 g/mol. The summed E-state index contributed by atoms with van der Waals surface area (Å²) in [5, 5.41) is 1.08. The maximum absolute atomic E-state index is 11.7. The highest BCUT2D eigenvalue weighted by Gasteiger charge is 2.08. The number of hydrogen-bond donors (Lipinski definition) is 2. The van der Waals surface area contributed by atoms with Crippen LogP contribution in [0.5, 0.6) is 0 Å². The molecule has 1 heterocycles. The van der Waals surface area contributed by atoms with Crippen LogP contribution in [0.1, 0.15) is 23.3 Å². The molecule has 0 atom stereocenters. The van der Waals surface area contributed by atoms with Gasteiger partial charge in [0.05, 0.1) is 5.69 Å². The van der Waals surface area contributed by atoms with Crippen molar-refractivity contribution >= 4 is 16.7 Å². The zero-order valence-corrected chi connectivity index (χ0v) is 8.49. The normalized spacial score (nSPS) is 10.7. The van der Waals surface area contributed by atoms with Gasteiger partial charge in [0, 0.05) is 17.3 Å². The number of benzene rings is 1. The van der Waals surface area contributed by atoms with Crippen molar-refractivity contribution in [1.82, 2.24) is 4.98 Å². The summed E-state index contributed by atoms with van der Waals surface area (Å²) in [6.07, 6.45) is 1.26. The largest absolute Gasteiger partial charge is 0.352 e. The number of carbonyl (C=O) groups excluding carboxylic acids is 1. The maximum atomic E-state index is 11.7. The summed E-state index contributed by atoms with van der Waals surface area (Å²) in [5.74, 6) is 0.136. The van der Waals surface area contributed by atoms with Gasteiger partial charge in [-0.1, -0.05) is 18.2 Å². The SMILES string of the molecule is NCCCC(=O)c1cc2ccccc2[nH]1. The average Bonchev–Trinajstić information content (AvgIpc) is 2.69. The number of aromatic nitrogens is 1. The van der Waals surface area contributed by atoms with Gasteiger partial charge in [0.1, 0.15) is 0 Å². The van der Waals surface area contributed by atoms with Crippen molar-refractivity contribution in [2.24, 2.45) is 5.73 Å². The number of ketones is 1. The minimum absolute atomic E-state index is 0.136. The summed E-state index contributed by atoms with van der Waals surface area (Å²) in [6, 6.07) is 9.77. The van der Waals surface area contributed by atoms with E-state index in [-0.39, 0.29) is 5.78 Å². The predicted molar refractivity (Wildman–Crippen MR) is 60.9 cm³/mol. The molecule has 0 bridgehead atoms. The highest BCUT2D eigenvalue weighted by molar-refractivity contribution is 5.99. The molecule has 0 spiro atoms. The fourth-order valence-electron chi connectivity index (χ4n) is 1.62. The predicted octanol–water partition coefficient (Wildman–Crippen LogP) is 2.09. The van der Waals surface area contributed by atoms with Gasteiger partial charge in [-0.15, -0.1) is 0 Å². The average molecular weight is 202 g/mol. The second-order valence-corrected chi connectivity index (χ2v) is 3.59. The molecule has 0 amide bonds. The maximum Gasteiger partial charge on any atom is 0.179 e. The smallest absolute Gasteiger partial charge is 0.179 e. The Kier molecular flexibility index (Phi) is 2.83. The number of aromatic amines is 1. The van der Waals surface area contributed by atoms with E-state index in [9.17, 15) is 4.79 Å². The van der Waals surface area contributed by atoms with Crippen LogP contribution in [0.15, 0.2) is 30.3 Å². The highest BCUT2D eigenvalue weighted by atomic mass is 16.1. The summed E-state index contributed by atoms with van der Waals surface area (Å²) in [5.41, 5.74) is 7.06. The van der Waals surface area contributed by atoms with Crippen LogP contribution < -0.4 is 5.73 Å². The van der Waals surface area contributed by atoms with E-state index < -0.39 is 0 Å². The lowest BCUT2D eigenvalue weighted by molar-refractivity contribution is 0.0977. The third-order valence-corrected chi connectivity index (χ3v) is 2.44. The van der Waals surface area contributed by atoms with Crippen LogP contribution in [0, 0.1) is 0 Å². The van der Waals surface area contributed by atoms with Gasteiger partial charge in [-0.3, -0.25) is 4.79 Å². The fourth-order valence-corrected chi connectivity index (χ4v) is 1.62. The molecule has 0 unspecified atom stereocenters. The van der Waals surface area contributed by atoms with E-state index in [0.29, 0.717) is 18.7 Å². The number of rotatable bonds is 4. The molecule has 3 N–H and O–H groups in total. The lowest BCUT2D eigenvalue weighted by Crippen LogP contribution is -2.04. The molecule has 3 nitrogen and oxygen atoms in total. The molecular formula is C12H14N2O. The van der Waals surface area contributed by atoms with Crippen LogP contribution in [-0.2, 0) is 0 Å². The molecule has 2 aromatic rings. The number of H-pyrrole nitrogens is 1. The first-order chi connectivity index (χ1) is 7.31. The third kappa shape index (κ3) is 2.07. The summed E-state index contributed by atoms with van der Waals surface area (Å²) >= 11 is 0. The second kappa shape index (κ2) is 4.28. The van der Waals surface area contributed by atoms with Crippen molar-refractivity contribution < 1.29 is 4.79 Å². The number of carbonyl (C=O) groups is 1. The Labute approximate surface area is 88.3 Å². The highest BCUT2D eigenvalue weighted by Crippen LogP contribution is 2.15. The van der Waals surface area contributed by atoms with Gasteiger partial charge in [0.25, 0.3) is 0 Å². The van der Waals surface area contributed by atoms with Crippen LogP contribution >= 0.6 is 0 Å². The summed E-state index contributed by atoms with van der Waals surface area (Å²) in [6.45, 7) is 0.561. The minimum atomic E-state index is 0.136. The van der Waals surface area contributed by atoms with E-state index in [1.165, 1.54) is 0 Å². The molecule has 0 aliphatic rings. The third-order valence-electron chi connectivity index (χ3n) is 2.44. The van der Waals surface area contributed by atoms with Gasteiger partial charge in [-0.25, -0.2) is 0 Å². The van der Waals surface area contributed by atoms with E-state index in [4.69, 9.17) is 5.73 Å². The van der Waals surface area contributed by atoms with E-state index >= 15 is 0 Å². The molecule has 78 valence electrons. The van der Waals surface area contributed by atoms with E-state index in [0.717, 1.165) is 17.3 Å². The second-order valence-electron chi connectivity index (χ2n) is 3.59. The van der Waals surface area contributed by atoms with Crippen molar-refractivity contribution in [3.8, 4) is 0 Å². The molecule has 3 heteroatoms. The van der Waals surface area contributed by atoms with Crippen LogP contribution in [0.3, 0.4) is 0 Å². The molecule has 1 aromatic carbocycles. The molecule has 0 aliphatic heterocycles. The first-order valence-electron chi connectivity index (χ1n) is 5.12. The number of nitrogens with two attached hydrogens (primary N) is 1. The Bertz CT molecular complexity index is 440.